The molecule has 0 spiro atoms. The van der Waals surface area contributed by atoms with Gasteiger partial charge >= 0.3 is 5.97 Å². The molecule has 5 heteroatoms. The summed E-state index contributed by atoms with van der Waals surface area (Å²) in [7, 11) is 0. The summed E-state index contributed by atoms with van der Waals surface area (Å²) < 4.78 is 0. The van der Waals surface area contributed by atoms with E-state index in [2.05, 4.69) is 10.3 Å². The minimum absolute atomic E-state index is 0.205. The SMILES string of the molecule is CC(C)(C(=O)O)c1ccc(NC(=O)c2ccc3[nH]ccc3c2)cc1. The predicted octanol–water partition coefficient (Wildman–Crippen LogP) is 3.78. The van der Waals surface area contributed by atoms with E-state index in [0.29, 0.717) is 16.8 Å². The van der Waals surface area contributed by atoms with Crippen LogP contribution in [0.4, 0.5) is 5.69 Å². The fourth-order valence-corrected chi connectivity index (χ4v) is 2.49. The highest BCUT2D eigenvalue weighted by molar-refractivity contribution is 6.06. The van der Waals surface area contributed by atoms with Crippen molar-refractivity contribution in [3.63, 3.8) is 0 Å². The van der Waals surface area contributed by atoms with Crippen molar-refractivity contribution in [3.8, 4) is 0 Å². The van der Waals surface area contributed by atoms with Crippen molar-refractivity contribution in [2.75, 3.05) is 5.32 Å². The van der Waals surface area contributed by atoms with E-state index in [4.69, 9.17) is 0 Å². The van der Waals surface area contributed by atoms with E-state index in [0.717, 1.165) is 10.9 Å². The fraction of sp³-hybridized carbons (Fsp3) is 0.158. The van der Waals surface area contributed by atoms with Gasteiger partial charge in [0.05, 0.1) is 5.41 Å². The lowest BCUT2D eigenvalue weighted by atomic mass is 9.85. The second-order valence-electron chi connectivity index (χ2n) is 6.24. The largest absolute Gasteiger partial charge is 0.481 e. The number of nitrogens with one attached hydrogen (secondary N) is 2. The summed E-state index contributed by atoms with van der Waals surface area (Å²) in [6.45, 7) is 3.30. The van der Waals surface area contributed by atoms with Crippen molar-refractivity contribution in [2.24, 2.45) is 0 Å². The molecule has 0 saturated heterocycles. The second-order valence-corrected chi connectivity index (χ2v) is 6.24. The number of aliphatic carboxylic acids is 1. The number of H-pyrrole nitrogens is 1. The normalized spacial score (nSPS) is 11.4. The van der Waals surface area contributed by atoms with E-state index in [9.17, 15) is 14.7 Å². The molecule has 0 bridgehead atoms. The highest BCUT2D eigenvalue weighted by Crippen LogP contribution is 2.25. The summed E-state index contributed by atoms with van der Waals surface area (Å²) in [5, 5.41) is 13.1. The molecule has 0 fully saturated rings. The number of rotatable bonds is 4. The molecule has 0 saturated carbocycles. The molecule has 0 aliphatic rings. The highest BCUT2D eigenvalue weighted by Gasteiger charge is 2.29. The Hall–Kier alpha value is -3.08. The Morgan fingerprint density at radius 3 is 2.42 bits per heavy atom. The second kappa shape index (κ2) is 5.85. The highest BCUT2D eigenvalue weighted by atomic mass is 16.4. The molecule has 0 radical (unpaired) electrons. The minimum Gasteiger partial charge on any atom is -0.481 e. The van der Waals surface area contributed by atoms with Crippen molar-refractivity contribution in [1.82, 2.24) is 4.98 Å². The third kappa shape index (κ3) is 2.88. The number of aromatic nitrogens is 1. The van der Waals surface area contributed by atoms with Gasteiger partial charge in [0, 0.05) is 28.4 Å². The zero-order valence-corrected chi connectivity index (χ0v) is 13.5. The predicted molar refractivity (Wildman–Crippen MR) is 93.4 cm³/mol. The van der Waals surface area contributed by atoms with Crippen LogP contribution in [0.5, 0.6) is 0 Å². The molecule has 3 rings (SSSR count). The number of carboxylic acids is 1. The summed E-state index contributed by atoms with van der Waals surface area (Å²) in [5.74, 6) is -1.09. The number of hydrogen-bond donors (Lipinski definition) is 3. The standard InChI is InChI=1S/C19H18N2O3/c1-19(2,18(23)24)14-4-6-15(7-5-14)21-17(22)13-3-8-16-12(11-13)9-10-20-16/h3-11,20H,1-2H3,(H,21,22)(H,23,24). The van der Waals surface area contributed by atoms with Gasteiger partial charge in [0.1, 0.15) is 0 Å². The molecular weight excluding hydrogens is 304 g/mol. The van der Waals surface area contributed by atoms with Gasteiger partial charge in [-0.2, -0.15) is 0 Å². The lowest BCUT2D eigenvalue weighted by Gasteiger charge is -2.19. The van der Waals surface area contributed by atoms with Crippen LogP contribution in [0.25, 0.3) is 10.9 Å². The van der Waals surface area contributed by atoms with Crippen molar-refractivity contribution in [1.29, 1.82) is 0 Å². The summed E-state index contributed by atoms with van der Waals surface area (Å²) in [4.78, 5) is 26.7. The molecule has 1 amide bonds. The monoisotopic (exact) mass is 322 g/mol. The van der Waals surface area contributed by atoms with Crippen LogP contribution in [0, 0.1) is 0 Å². The maximum atomic E-state index is 12.4. The van der Waals surface area contributed by atoms with E-state index < -0.39 is 11.4 Å². The molecule has 0 atom stereocenters. The number of carbonyl (C=O) groups is 2. The molecule has 0 unspecified atom stereocenters. The zero-order chi connectivity index (χ0) is 17.3. The van der Waals surface area contributed by atoms with Crippen LogP contribution in [0.2, 0.25) is 0 Å². The number of anilines is 1. The van der Waals surface area contributed by atoms with Crippen molar-refractivity contribution < 1.29 is 14.7 Å². The van der Waals surface area contributed by atoms with E-state index in [1.165, 1.54) is 0 Å². The van der Waals surface area contributed by atoms with Crippen molar-refractivity contribution in [2.45, 2.75) is 19.3 Å². The lowest BCUT2D eigenvalue weighted by Crippen LogP contribution is -2.28. The Morgan fingerprint density at radius 2 is 1.75 bits per heavy atom. The number of carboxylic acid groups (broad SMARTS) is 1. The number of benzene rings is 2. The summed E-state index contributed by atoms with van der Waals surface area (Å²) in [6, 6.07) is 14.2. The zero-order valence-electron chi connectivity index (χ0n) is 13.5. The first-order valence-electron chi connectivity index (χ1n) is 7.60. The van der Waals surface area contributed by atoms with Crippen LogP contribution >= 0.6 is 0 Å². The van der Waals surface area contributed by atoms with Crippen LogP contribution in [0.1, 0.15) is 29.8 Å². The molecule has 24 heavy (non-hydrogen) atoms. The molecule has 0 aliphatic heterocycles. The Bertz CT molecular complexity index is 908. The lowest BCUT2D eigenvalue weighted by molar-refractivity contribution is -0.142. The average molecular weight is 322 g/mol. The van der Waals surface area contributed by atoms with E-state index >= 15 is 0 Å². The average Bonchev–Trinajstić information content (AvgIpc) is 3.02. The molecule has 5 nitrogen and oxygen atoms in total. The van der Waals surface area contributed by atoms with Gasteiger partial charge in [-0.3, -0.25) is 9.59 Å². The van der Waals surface area contributed by atoms with Gasteiger partial charge in [-0.1, -0.05) is 12.1 Å². The number of carbonyl (C=O) groups excluding carboxylic acids is 1. The smallest absolute Gasteiger partial charge is 0.313 e. The van der Waals surface area contributed by atoms with Gasteiger partial charge in [0.25, 0.3) is 5.91 Å². The molecule has 3 aromatic rings. The summed E-state index contributed by atoms with van der Waals surface area (Å²) in [5.41, 5.74) is 1.88. The third-order valence-electron chi connectivity index (χ3n) is 4.21. The van der Waals surface area contributed by atoms with Gasteiger partial charge in [-0.15, -0.1) is 0 Å². The Labute approximate surface area is 139 Å². The number of fused-ring (bicyclic) bond motifs is 1. The van der Waals surface area contributed by atoms with E-state index in [1.54, 1.807) is 44.2 Å². The van der Waals surface area contributed by atoms with Crippen molar-refractivity contribution >= 4 is 28.5 Å². The van der Waals surface area contributed by atoms with E-state index in [-0.39, 0.29) is 5.91 Å². The molecule has 1 aromatic heterocycles. The Morgan fingerprint density at radius 1 is 1.04 bits per heavy atom. The topological polar surface area (TPSA) is 82.2 Å². The van der Waals surface area contributed by atoms with Crippen LogP contribution in [0.15, 0.2) is 54.7 Å². The van der Waals surface area contributed by atoms with E-state index in [1.807, 2.05) is 24.4 Å². The first-order valence-corrected chi connectivity index (χ1v) is 7.60. The Balaban J connectivity index is 1.78. The van der Waals surface area contributed by atoms with Crippen LogP contribution in [-0.2, 0) is 10.2 Å². The quantitative estimate of drug-likeness (QED) is 0.683. The van der Waals surface area contributed by atoms with Gasteiger partial charge < -0.3 is 15.4 Å². The Kier molecular flexibility index (Phi) is 3.85. The van der Waals surface area contributed by atoms with Crippen LogP contribution in [0.3, 0.4) is 0 Å². The van der Waals surface area contributed by atoms with Gasteiger partial charge in [-0.25, -0.2) is 0 Å². The van der Waals surface area contributed by atoms with Gasteiger partial charge in [-0.05, 0) is 55.8 Å². The third-order valence-corrected chi connectivity index (χ3v) is 4.21. The summed E-state index contributed by atoms with van der Waals surface area (Å²) >= 11 is 0. The molecule has 1 heterocycles. The molecule has 2 aromatic carbocycles. The van der Waals surface area contributed by atoms with Gasteiger partial charge in [0.15, 0.2) is 0 Å². The summed E-state index contributed by atoms with van der Waals surface area (Å²) in [6.07, 6.45) is 1.83. The molecular formula is C19H18N2O3. The number of aromatic amines is 1. The minimum atomic E-state index is -0.970. The van der Waals surface area contributed by atoms with Crippen LogP contribution < -0.4 is 5.32 Å². The first kappa shape index (κ1) is 15.8. The first-order chi connectivity index (χ1) is 11.4. The number of amides is 1. The molecule has 122 valence electrons. The van der Waals surface area contributed by atoms with Crippen molar-refractivity contribution in [3.05, 3.63) is 65.9 Å². The maximum absolute atomic E-state index is 12.4. The van der Waals surface area contributed by atoms with Gasteiger partial charge in [0.2, 0.25) is 0 Å². The maximum Gasteiger partial charge on any atom is 0.313 e. The number of hydrogen-bond acceptors (Lipinski definition) is 2. The van der Waals surface area contributed by atoms with Crippen LogP contribution in [-0.4, -0.2) is 22.0 Å². The molecule has 0 aliphatic carbocycles. The fourth-order valence-electron chi connectivity index (χ4n) is 2.49. The molecule has 3 N–H and O–H groups in total.